The first-order valence-electron chi connectivity index (χ1n) is 4.13. The maximum Gasteiger partial charge on any atom is 0.125 e. The third-order valence-electron chi connectivity index (χ3n) is 2.18. The van der Waals surface area contributed by atoms with Crippen LogP contribution in [0.3, 0.4) is 0 Å². The van der Waals surface area contributed by atoms with E-state index in [9.17, 15) is 4.39 Å². The van der Waals surface area contributed by atoms with Gasteiger partial charge in [-0.05, 0) is 30.0 Å². The van der Waals surface area contributed by atoms with Gasteiger partial charge in [-0.1, -0.05) is 18.2 Å². The molecule has 2 aromatic carbocycles. The highest BCUT2D eigenvalue weighted by atomic mass is 19.1. The molecule has 2 rings (SSSR count). The summed E-state index contributed by atoms with van der Waals surface area (Å²) in [7, 11) is 0. The minimum Gasteiger partial charge on any atom is -0.398 e. The average molecular weight is 175 g/mol. The van der Waals surface area contributed by atoms with Crippen LogP contribution in [-0.2, 0) is 0 Å². The van der Waals surface area contributed by atoms with Gasteiger partial charge in [0.15, 0.2) is 0 Å². The predicted molar refractivity (Wildman–Crippen MR) is 53.1 cm³/mol. The molecule has 0 heterocycles. The number of aryl methyl sites for hydroxylation is 1. The van der Waals surface area contributed by atoms with Gasteiger partial charge in [-0.25, -0.2) is 4.39 Å². The van der Waals surface area contributed by atoms with Crippen molar-refractivity contribution in [3.8, 4) is 0 Å². The number of rotatable bonds is 0. The number of anilines is 1. The van der Waals surface area contributed by atoms with Crippen molar-refractivity contribution in [2.45, 2.75) is 6.92 Å². The number of nitrogen functional groups attached to an aromatic ring is 1. The number of fused-ring (bicyclic) bond motifs is 1. The quantitative estimate of drug-likeness (QED) is 0.612. The first-order valence-corrected chi connectivity index (χ1v) is 4.13. The number of benzene rings is 2. The molecule has 0 aliphatic heterocycles. The molecule has 0 fully saturated rings. The van der Waals surface area contributed by atoms with Crippen molar-refractivity contribution in [2.75, 3.05) is 5.73 Å². The molecule has 1 nitrogen and oxygen atoms in total. The lowest BCUT2D eigenvalue weighted by Gasteiger charge is -2.05. The van der Waals surface area contributed by atoms with Crippen molar-refractivity contribution in [3.05, 3.63) is 41.7 Å². The first kappa shape index (κ1) is 8.05. The molecule has 2 heteroatoms. The van der Waals surface area contributed by atoms with Crippen LogP contribution in [-0.4, -0.2) is 0 Å². The number of halogens is 1. The second kappa shape index (κ2) is 2.73. The van der Waals surface area contributed by atoms with E-state index in [0.29, 0.717) is 5.69 Å². The lowest BCUT2D eigenvalue weighted by molar-refractivity contribution is 0.630. The Morgan fingerprint density at radius 1 is 1.23 bits per heavy atom. The zero-order valence-electron chi connectivity index (χ0n) is 7.34. The van der Waals surface area contributed by atoms with Gasteiger partial charge in [0.2, 0.25) is 0 Å². The van der Waals surface area contributed by atoms with E-state index >= 15 is 0 Å². The minimum absolute atomic E-state index is 0.282. The summed E-state index contributed by atoms with van der Waals surface area (Å²) in [6.07, 6.45) is 0. The highest BCUT2D eigenvalue weighted by Crippen LogP contribution is 2.25. The van der Waals surface area contributed by atoms with Crippen LogP contribution in [0.25, 0.3) is 10.8 Å². The molecular weight excluding hydrogens is 165 g/mol. The van der Waals surface area contributed by atoms with E-state index in [1.165, 1.54) is 12.1 Å². The molecule has 0 amide bonds. The third-order valence-corrected chi connectivity index (χ3v) is 2.18. The van der Waals surface area contributed by atoms with Crippen LogP contribution in [0.15, 0.2) is 30.3 Å². The Balaban J connectivity index is 2.94. The number of nitrogens with two attached hydrogens (primary N) is 1. The molecule has 2 N–H and O–H groups in total. The Morgan fingerprint density at radius 3 is 2.77 bits per heavy atom. The maximum atomic E-state index is 12.9. The fourth-order valence-corrected chi connectivity index (χ4v) is 1.62. The second-order valence-corrected chi connectivity index (χ2v) is 3.17. The smallest absolute Gasteiger partial charge is 0.125 e. The Bertz CT molecular complexity index is 463. The number of hydrogen-bond donors (Lipinski definition) is 1. The van der Waals surface area contributed by atoms with Gasteiger partial charge < -0.3 is 5.73 Å². The van der Waals surface area contributed by atoms with Crippen LogP contribution in [0.1, 0.15) is 5.56 Å². The van der Waals surface area contributed by atoms with Crippen LogP contribution >= 0.6 is 0 Å². The van der Waals surface area contributed by atoms with E-state index < -0.39 is 0 Å². The molecule has 0 spiro atoms. The molecule has 0 aliphatic carbocycles. The van der Waals surface area contributed by atoms with Crippen LogP contribution in [0, 0.1) is 12.7 Å². The largest absolute Gasteiger partial charge is 0.398 e. The Hall–Kier alpha value is -1.57. The Morgan fingerprint density at radius 2 is 2.00 bits per heavy atom. The zero-order valence-corrected chi connectivity index (χ0v) is 7.34. The molecule has 13 heavy (non-hydrogen) atoms. The summed E-state index contributed by atoms with van der Waals surface area (Å²) >= 11 is 0. The van der Waals surface area contributed by atoms with Gasteiger partial charge in [0.25, 0.3) is 0 Å². The summed E-state index contributed by atoms with van der Waals surface area (Å²) in [5.41, 5.74) is 7.30. The second-order valence-electron chi connectivity index (χ2n) is 3.17. The van der Waals surface area contributed by atoms with Gasteiger partial charge in [-0.3, -0.25) is 0 Å². The molecule has 0 atom stereocenters. The minimum atomic E-state index is -0.282. The lowest BCUT2D eigenvalue weighted by atomic mass is 10.0. The molecule has 0 saturated carbocycles. The molecule has 0 saturated heterocycles. The summed E-state index contributed by atoms with van der Waals surface area (Å²) < 4.78 is 12.9. The van der Waals surface area contributed by atoms with Crippen LogP contribution in [0.2, 0.25) is 0 Å². The van der Waals surface area contributed by atoms with Gasteiger partial charge >= 0.3 is 0 Å². The van der Waals surface area contributed by atoms with Crippen molar-refractivity contribution >= 4 is 16.5 Å². The van der Waals surface area contributed by atoms with Crippen LogP contribution < -0.4 is 5.73 Å². The van der Waals surface area contributed by atoms with Crippen LogP contribution in [0.5, 0.6) is 0 Å². The molecule has 66 valence electrons. The monoisotopic (exact) mass is 175 g/mol. The summed E-state index contributed by atoms with van der Waals surface area (Å²) in [5.74, 6) is -0.282. The first-order chi connectivity index (χ1) is 6.18. The van der Waals surface area contributed by atoms with Crippen molar-refractivity contribution in [1.82, 2.24) is 0 Å². The van der Waals surface area contributed by atoms with Gasteiger partial charge in [0.1, 0.15) is 5.82 Å². The fourth-order valence-electron chi connectivity index (χ4n) is 1.62. The van der Waals surface area contributed by atoms with Crippen LogP contribution in [0.4, 0.5) is 10.1 Å². The van der Waals surface area contributed by atoms with Gasteiger partial charge in [-0.2, -0.15) is 0 Å². The van der Waals surface area contributed by atoms with E-state index in [2.05, 4.69) is 0 Å². The van der Waals surface area contributed by atoms with E-state index in [1.807, 2.05) is 25.1 Å². The van der Waals surface area contributed by atoms with E-state index in [-0.39, 0.29) is 5.82 Å². The third kappa shape index (κ3) is 1.24. The maximum absolute atomic E-state index is 12.9. The van der Waals surface area contributed by atoms with Crippen molar-refractivity contribution in [3.63, 3.8) is 0 Å². The molecule has 2 aromatic rings. The summed E-state index contributed by atoms with van der Waals surface area (Å²) in [5, 5.41) is 1.81. The molecule has 0 bridgehead atoms. The molecule has 0 aliphatic rings. The topological polar surface area (TPSA) is 26.0 Å². The predicted octanol–water partition coefficient (Wildman–Crippen LogP) is 2.87. The van der Waals surface area contributed by atoms with Gasteiger partial charge in [0, 0.05) is 11.1 Å². The molecule has 0 aromatic heterocycles. The van der Waals surface area contributed by atoms with Crippen molar-refractivity contribution in [2.24, 2.45) is 0 Å². The average Bonchev–Trinajstić information content (AvgIpc) is 2.02. The van der Waals surface area contributed by atoms with Crippen molar-refractivity contribution < 1.29 is 4.39 Å². The highest BCUT2D eigenvalue weighted by molar-refractivity contribution is 5.95. The SMILES string of the molecule is Cc1cccc2cc(F)cc(N)c12. The lowest BCUT2D eigenvalue weighted by Crippen LogP contribution is -1.90. The van der Waals surface area contributed by atoms with Crippen molar-refractivity contribution in [1.29, 1.82) is 0 Å². The fraction of sp³-hybridized carbons (Fsp3) is 0.0909. The van der Waals surface area contributed by atoms with Gasteiger partial charge in [-0.15, -0.1) is 0 Å². The van der Waals surface area contributed by atoms with E-state index in [4.69, 9.17) is 5.73 Å². The Kier molecular flexibility index (Phi) is 1.69. The summed E-state index contributed by atoms with van der Waals surface area (Å²) in [6.45, 7) is 1.97. The summed E-state index contributed by atoms with van der Waals surface area (Å²) in [4.78, 5) is 0. The molecule has 0 unspecified atom stereocenters. The standard InChI is InChI=1S/C11H10FN/c1-7-3-2-4-8-5-9(12)6-10(13)11(7)8/h2-6H,13H2,1H3. The number of hydrogen-bond acceptors (Lipinski definition) is 1. The molecule has 0 radical (unpaired) electrons. The van der Waals surface area contributed by atoms with Gasteiger partial charge in [0.05, 0.1) is 0 Å². The highest BCUT2D eigenvalue weighted by Gasteiger charge is 2.02. The normalized spacial score (nSPS) is 10.6. The Labute approximate surface area is 76.0 Å². The van der Waals surface area contributed by atoms with E-state index in [0.717, 1.165) is 16.3 Å². The zero-order chi connectivity index (χ0) is 9.42. The summed E-state index contributed by atoms with van der Waals surface area (Å²) in [6, 6.07) is 8.59. The van der Waals surface area contributed by atoms with E-state index in [1.54, 1.807) is 0 Å². The molecular formula is C11H10FN.